The maximum absolute atomic E-state index is 12.6. The minimum atomic E-state index is -0.644. The van der Waals surface area contributed by atoms with Crippen molar-refractivity contribution in [2.45, 2.75) is 25.3 Å². The lowest BCUT2D eigenvalue weighted by molar-refractivity contribution is 0.0891. The highest BCUT2D eigenvalue weighted by Crippen LogP contribution is 2.39. The van der Waals surface area contributed by atoms with Gasteiger partial charge < -0.3 is 16.8 Å². The summed E-state index contributed by atoms with van der Waals surface area (Å²) in [5.41, 5.74) is 11.8. The van der Waals surface area contributed by atoms with Crippen LogP contribution in [0.4, 0.5) is 0 Å². The minimum Gasteiger partial charge on any atom is -0.364 e. The molecule has 1 aromatic carbocycles. The van der Waals surface area contributed by atoms with Gasteiger partial charge in [0.05, 0.1) is 11.2 Å². The molecule has 1 saturated carbocycles. The van der Waals surface area contributed by atoms with Gasteiger partial charge in [-0.25, -0.2) is 4.68 Å². The summed E-state index contributed by atoms with van der Waals surface area (Å²) in [5, 5.41) is 7.22. The lowest BCUT2D eigenvalue weighted by atomic mass is 9.96. The number of para-hydroxylation sites is 1. The van der Waals surface area contributed by atoms with Crippen molar-refractivity contribution in [1.82, 2.24) is 15.1 Å². The van der Waals surface area contributed by atoms with E-state index in [2.05, 4.69) is 10.4 Å². The molecule has 0 bridgehead atoms. The van der Waals surface area contributed by atoms with Crippen LogP contribution in [-0.2, 0) is 0 Å². The van der Waals surface area contributed by atoms with E-state index in [-0.39, 0.29) is 17.3 Å². The molecule has 2 amide bonds. The molecular weight excluding hydrogens is 306 g/mol. The Morgan fingerprint density at radius 1 is 1.33 bits per heavy atom. The molecule has 0 aliphatic heterocycles. The lowest BCUT2D eigenvalue weighted by Gasteiger charge is -2.29. The second-order valence-corrected chi connectivity index (χ2v) is 6.38. The van der Waals surface area contributed by atoms with Crippen LogP contribution in [0.2, 0.25) is 0 Å². The van der Waals surface area contributed by atoms with Gasteiger partial charge in [0.15, 0.2) is 5.69 Å². The van der Waals surface area contributed by atoms with Crippen molar-refractivity contribution in [2.75, 3.05) is 6.54 Å². The van der Waals surface area contributed by atoms with E-state index in [9.17, 15) is 9.59 Å². The highest BCUT2D eigenvalue weighted by Gasteiger charge is 2.42. The summed E-state index contributed by atoms with van der Waals surface area (Å²) >= 11 is 0. The molecule has 1 unspecified atom stereocenters. The van der Waals surface area contributed by atoms with Crippen LogP contribution in [0.5, 0.6) is 0 Å². The molecular formula is C17H21N5O2. The number of benzene rings is 1. The molecule has 1 aliphatic carbocycles. The topological polar surface area (TPSA) is 116 Å². The number of aromatic nitrogens is 2. The minimum absolute atomic E-state index is 0.146. The summed E-state index contributed by atoms with van der Waals surface area (Å²) in [6.07, 6.45) is 2.11. The molecule has 7 nitrogen and oxygen atoms in total. The predicted molar refractivity (Wildman–Crippen MR) is 89.7 cm³/mol. The van der Waals surface area contributed by atoms with E-state index < -0.39 is 11.4 Å². The van der Waals surface area contributed by atoms with Gasteiger partial charge >= 0.3 is 0 Å². The van der Waals surface area contributed by atoms with E-state index in [1.165, 1.54) is 10.7 Å². The third-order valence-electron chi connectivity index (χ3n) is 4.50. The SMILES string of the molecule is CC(CN)(NC(=O)c1cc(C(N)=O)n(-c2ccccc2)n1)C1CC1. The fourth-order valence-corrected chi connectivity index (χ4v) is 2.80. The van der Waals surface area contributed by atoms with Crippen molar-refractivity contribution in [3.05, 3.63) is 47.8 Å². The Bertz CT molecular complexity index is 767. The fraction of sp³-hybridized carbons (Fsp3) is 0.353. The van der Waals surface area contributed by atoms with Gasteiger partial charge in [-0.2, -0.15) is 5.10 Å². The molecule has 24 heavy (non-hydrogen) atoms. The van der Waals surface area contributed by atoms with Crippen molar-refractivity contribution in [3.8, 4) is 5.69 Å². The van der Waals surface area contributed by atoms with Crippen LogP contribution in [0.1, 0.15) is 40.7 Å². The van der Waals surface area contributed by atoms with Crippen LogP contribution in [-0.4, -0.2) is 33.7 Å². The average Bonchev–Trinajstić information content (AvgIpc) is 3.34. The standard InChI is InChI=1S/C17H21N5O2/c1-17(10-18,11-7-8-11)20-16(24)13-9-14(15(19)23)22(21-13)12-5-3-2-4-6-12/h2-6,9,11H,7-8,10,18H2,1H3,(H2,19,23)(H,20,24). The highest BCUT2D eigenvalue weighted by atomic mass is 16.2. The molecule has 7 heteroatoms. The Labute approximate surface area is 140 Å². The second kappa shape index (κ2) is 6.09. The number of hydrogen-bond acceptors (Lipinski definition) is 4. The van der Waals surface area contributed by atoms with Crippen molar-refractivity contribution in [2.24, 2.45) is 17.4 Å². The number of rotatable bonds is 6. The Kier molecular flexibility index (Phi) is 4.11. The smallest absolute Gasteiger partial charge is 0.272 e. The molecule has 3 rings (SSSR count). The van der Waals surface area contributed by atoms with Gasteiger partial charge in [-0.05, 0) is 37.8 Å². The first-order valence-electron chi connectivity index (χ1n) is 7.92. The number of nitrogens with one attached hydrogen (secondary N) is 1. The maximum Gasteiger partial charge on any atom is 0.272 e. The predicted octanol–water partition coefficient (Wildman–Crippen LogP) is 0.828. The number of nitrogens with two attached hydrogens (primary N) is 2. The van der Waals surface area contributed by atoms with Gasteiger partial charge in [-0.1, -0.05) is 18.2 Å². The largest absolute Gasteiger partial charge is 0.364 e. The lowest BCUT2D eigenvalue weighted by Crippen LogP contribution is -2.53. The van der Waals surface area contributed by atoms with Gasteiger partial charge in [-0.3, -0.25) is 9.59 Å². The van der Waals surface area contributed by atoms with Crippen molar-refractivity contribution in [3.63, 3.8) is 0 Å². The fourth-order valence-electron chi connectivity index (χ4n) is 2.80. The molecule has 2 aromatic rings. The zero-order valence-corrected chi connectivity index (χ0v) is 13.5. The third kappa shape index (κ3) is 3.03. The Morgan fingerprint density at radius 3 is 2.54 bits per heavy atom. The van der Waals surface area contributed by atoms with Crippen LogP contribution in [0, 0.1) is 5.92 Å². The number of carbonyl (C=O) groups excluding carboxylic acids is 2. The van der Waals surface area contributed by atoms with Gasteiger partial charge in [0.25, 0.3) is 11.8 Å². The molecule has 0 saturated heterocycles. The summed E-state index contributed by atoms with van der Waals surface area (Å²) in [5.74, 6) is -0.612. The molecule has 1 heterocycles. The van der Waals surface area contributed by atoms with E-state index in [0.717, 1.165) is 12.8 Å². The molecule has 126 valence electrons. The first-order valence-corrected chi connectivity index (χ1v) is 7.92. The summed E-state index contributed by atoms with van der Waals surface area (Å²) in [6, 6.07) is 10.5. The zero-order valence-electron chi connectivity index (χ0n) is 13.5. The number of carbonyl (C=O) groups is 2. The third-order valence-corrected chi connectivity index (χ3v) is 4.50. The van der Waals surface area contributed by atoms with E-state index >= 15 is 0 Å². The Hall–Kier alpha value is -2.67. The zero-order chi connectivity index (χ0) is 17.3. The maximum atomic E-state index is 12.6. The summed E-state index contributed by atoms with van der Waals surface area (Å²) in [4.78, 5) is 24.3. The Balaban J connectivity index is 1.91. The normalized spacial score (nSPS) is 16.4. The van der Waals surface area contributed by atoms with Crippen molar-refractivity contribution >= 4 is 11.8 Å². The van der Waals surface area contributed by atoms with E-state index in [1.54, 1.807) is 12.1 Å². The quantitative estimate of drug-likeness (QED) is 0.728. The van der Waals surface area contributed by atoms with E-state index in [0.29, 0.717) is 18.2 Å². The van der Waals surface area contributed by atoms with Gasteiger partial charge in [0.1, 0.15) is 5.69 Å². The monoisotopic (exact) mass is 327 g/mol. The van der Waals surface area contributed by atoms with Crippen molar-refractivity contribution < 1.29 is 9.59 Å². The van der Waals surface area contributed by atoms with Crippen molar-refractivity contribution in [1.29, 1.82) is 0 Å². The summed E-state index contributed by atoms with van der Waals surface area (Å²) in [6.45, 7) is 2.29. The van der Waals surface area contributed by atoms with E-state index in [1.807, 2.05) is 25.1 Å². The van der Waals surface area contributed by atoms with E-state index in [4.69, 9.17) is 11.5 Å². The first kappa shape index (κ1) is 16.2. The van der Waals surface area contributed by atoms with Gasteiger partial charge in [0.2, 0.25) is 0 Å². The number of amides is 2. The summed E-state index contributed by atoms with van der Waals surface area (Å²) < 4.78 is 1.38. The molecule has 1 fully saturated rings. The molecule has 0 radical (unpaired) electrons. The first-order chi connectivity index (χ1) is 11.4. The molecule has 1 atom stereocenters. The van der Waals surface area contributed by atoms with Gasteiger partial charge in [0, 0.05) is 12.6 Å². The van der Waals surface area contributed by atoms with Crippen LogP contribution in [0.25, 0.3) is 5.69 Å². The highest BCUT2D eigenvalue weighted by molar-refractivity contribution is 5.98. The van der Waals surface area contributed by atoms with Crippen LogP contribution in [0.3, 0.4) is 0 Å². The molecule has 5 N–H and O–H groups in total. The number of primary amides is 1. The van der Waals surface area contributed by atoms with Crippen LogP contribution in [0.15, 0.2) is 36.4 Å². The van der Waals surface area contributed by atoms with Gasteiger partial charge in [-0.15, -0.1) is 0 Å². The number of nitrogens with zero attached hydrogens (tertiary/aromatic N) is 2. The molecule has 0 spiro atoms. The average molecular weight is 327 g/mol. The second-order valence-electron chi connectivity index (χ2n) is 6.38. The van der Waals surface area contributed by atoms with Crippen LogP contribution >= 0.6 is 0 Å². The Morgan fingerprint density at radius 2 is 2.00 bits per heavy atom. The molecule has 1 aliphatic rings. The number of hydrogen-bond donors (Lipinski definition) is 3. The molecule has 1 aromatic heterocycles. The van der Waals surface area contributed by atoms with Crippen LogP contribution < -0.4 is 16.8 Å². The summed E-state index contributed by atoms with van der Waals surface area (Å²) in [7, 11) is 0.